The Labute approximate surface area is 145 Å². The van der Waals surface area contributed by atoms with Gasteiger partial charge < -0.3 is 0 Å². The molecule has 0 fully saturated rings. The molecule has 0 aliphatic rings. The molecule has 0 radical (unpaired) electrons. The molecule has 0 aliphatic carbocycles. The van der Waals surface area contributed by atoms with Gasteiger partial charge in [-0.3, -0.25) is 0 Å². The molecule has 2 aromatic rings. The maximum atomic E-state index is 12.1. The number of ketones is 2. The van der Waals surface area contributed by atoms with Gasteiger partial charge in [-0.15, -0.1) is 0 Å². The van der Waals surface area contributed by atoms with Crippen LogP contribution < -0.4 is 9.47 Å². The van der Waals surface area contributed by atoms with Crippen LogP contribution in [0.15, 0.2) is 48.5 Å². The molecule has 23 heavy (non-hydrogen) atoms. The second-order valence-corrected chi connectivity index (χ2v) is 7.61. The summed E-state index contributed by atoms with van der Waals surface area (Å²) in [5.74, 6) is 1.65. The van der Waals surface area contributed by atoms with E-state index in [0.29, 0.717) is 20.1 Å². The van der Waals surface area contributed by atoms with E-state index >= 15 is 0 Å². The number of carbonyl (C=O) groups is 2. The monoisotopic (exact) mass is 428 g/mol. The average molecular weight is 426 g/mol. The summed E-state index contributed by atoms with van der Waals surface area (Å²) in [6.07, 6.45) is 0. The van der Waals surface area contributed by atoms with E-state index in [4.69, 9.17) is 9.47 Å². The summed E-state index contributed by atoms with van der Waals surface area (Å²) >= 11 is -0.679. The molecule has 0 amide bonds. The fourth-order valence-electron chi connectivity index (χ4n) is 1.96. The van der Waals surface area contributed by atoms with E-state index in [1.54, 1.807) is 62.8 Å². The van der Waals surface area contributed by atoms with Crippen molar-refractivity contribution >= 4 is 32.5 Å². The molecular weight excluding hydrogens is 408 g/mol. The van der Waals surface area contributed by atoms with Gasteiger partial charge in [0.15, 0.2) is 0 Å². The van der Waals surface area contributed by atoms with Gasteiger partial charge in [-0.1, -0.05) is 0 Å². The van der Waals surface area contributed by atoms with Crippen molar-refractivity contribution in [1.82, 2.24) is 0 Å². The van der Waals surface area contributed by atoms with Crippen LogP contribution in [0.3, 0.4) is 0 Å². The van der Waals surface area contributed by atoms with Crippen LogP contribution in [0.5, 0.6) is 11.5 Å². The molecule has 0 saturated heterocycles. The molecule has 2 rings (SSSR count). The van der Waals surface area contributed by atoms with Gasteiger partial charge in [-0.25, -0.2) is 0 Å². The van der Waals surface area contributed by atoms with E-state index < -0.39 is 20.9 Å². The summed E-state index contributed by atoms with van der Waals surface area (Å²) in [6, 6.07) is 14.1. The molecule has 0 unspecified atom stereocenters. The van der Waals surface area contributed by atoms with Crippen molar-refractivity contribution in [2.24, 2.45) is 0 Å². The standard InChI is InChI=1S/C18H18O4Te/c1-21-15-7-3-13(4-8-15)17(19)11-23-12-18(20)14-5-9-16(22-2)10-6-14/h3-10H,11-12H2,1-2H3. The summed E-state index contributed by atoms with van der Waals surface area (Å²) in [7, 11) is 3.18. The summed E-state index contributed by atoms with van der Waals surface area (Å²) in [5, 5.41) is 0. The number of hydrogen-bond donors (Lipinski definition) is 0. The van der Waals surface area contributed by atoms with Crippen molar-refractivity contribution in [1.29, 1.82) is 0 Å². The van der Waals surface area contributed by atoms with Crippen LogP contribution in [0.4, 0.5) is 0 Å². The predicted molar refractivity (Wildman–Crippen MR) is 90.0 cm³/mol. The van der Waals surface area contributed by atoms with Gasteiger partial charge >= 0.3 is 146 Å². The molecular formula is C18H18O4Te. The van der Waals surface area contributed by atoms with Crippen LogP contribution in [0.2, 0.25) is 8.94 Å². The van der Waals surface area contributed by atoms with E-state index in [-0.39, 0.29) is 11.6 Å². The summed E-state index contributed by atoms with van der Waals surface area (Å²) in [4.78, 5) is 24.2. The van der Waals surface area contributed by atoms with Gasteiger partial charge in [0.2, 0.25) is 0 Å². The number of ether oxygens (including phenoxy) is 2. The number of carbonyl (C=O) groups excluding carboxylic acids is 2. The van der Waals surface area contributed by atoms with Gasteiger partial charge in [0.25, 0.3) is 0 Å². The zero-order chi connectivity index (χ0) is 16.7. The Balaban J connectivity index is 1.83. The molecule has 0 atom stereocenters. The first-order valence-corrected chi connectivity index (χ1v) is 10.4. The molecule has 0 aliphatic heterocycles. The molecule has 0 aromatic heterocycles. The maximum absolute atomic E-state index is 12.1. The molecule has 0 bridgehead atoms. The molecule has 0 saturated carbocycles. The quantitative estimate of drug-likeness (QED) is 0.481. The Bertz CT molecular complexity index is 603. The number of Topliss-reactive ketones (excluding diaryl/α,β-unsaturated/α-hetero) is 2. The summed E-state index contributed by atoms with van der Waals surface area (Å²) in [5.41, 5.74) is 1.35. The minimum atomic E-state index is -0.679. The number of methoxy groups -OCH3 is 2. The summed E-state index contributed by atoms with van der Waals surface area (Å²) < 4.78 is 11.1. The average Bonchev–Trinajstić information content (AvgIpc) is 2.61. The van der Waals surface area contributed by atoms with Crippen LogP contribution in [-0.4, -0.2) is 46.7 Å². The number of hydrogen-bond acceptors (Lipinski definition) is 4. The topological polar surface area (TPSA) is 52.6 Å². The number of rotatable bonds is 8. The fraction of sp³-hybridized carbons (Fsp3) is 0.222. The van der Waals surface area contributed by atoms with Crippen molar-refractivity contribution in [2.45, 2.75) is 8.94 Å². The molecule has 2 aromatic carbocycles. The molecule has 120 valence electrons. The van der Waals surface area contributed by atoms with Gasteiger partial charge in [0.05, 0.1) is 0 Å². The van der Waals surface area contributed by atoms with E-state index in [2.05, 4.69) is 0 Å². The summed E-state index contributed by atoms with van der Waals surface area (Å²) in [6.45, 7) is 0. The first-order valence-electron chi connectivity index (χ1n) is 7.06. The second-order valence-electron chi connectivity index (χ2n) is 4.80. The molecule has 0 heterocycles. The molecule has 4 nitrogen and oxygen atoms in total. The molecule has 5 heteroatoms. The van der Waals surface area contributed by atoms with E-state index in [0.717, 1.165) is 11.5 Å². The van der Waals surface area contributed by atoms with E-state index in [9.17, 15) is 9.59 Å². The van der Waals surface area contributed by atoms with Gasteiger partial charge in [0.1, 0.15) is 0 Å². The third-order valence-electron chi connectivity index (χ3n) is 3.29. The van der Waals surface area contributed by atoms with Crippen LogP contribution in [-0.2, 0) is 0 Å². The first-order chi connectivity index (χ1) is 11.1. The van der Waals surface area contributed by atoms with Crippen LogP contribution >= 0.6 is 0 Å². The van der Waals surface area contributed by atoms with Crippen molar-refractivity contribution in [3.05, 3.63) is 59.7 Å². The zero-order valence-electron chi connectivity index (χ0n) is 13.1. The predicted octanol–water partition coefficient (Wildman–Crippen LogP) is 3.31. The van der Waals surface area contributed by atoms with Gasteiger partial charge in [-0.05, 0) is 0 Å². The van der Waals surface area contributed by atoms with Crippen LogP contribution in [0, 0.1) is 0 Å². The van der Waals surface area contributed by atoms with Crippen molar-refractivity contribution in [3.63, 3.8) is 0 Å². The van der Waals surface area contributed by atoms with Crippen molar-refractivity contribution < 1.29 is 19.1 Å². The number of benzene rings is 2. The van der Waals surface area contributed by atoms with Crippen LogP contribution in [0.25, 0.3) is 0 Å². The second kappa shape index (κ2) is 8.71. The SMILES string of the molecule is COc1ccc(C(=O)C[Te]CC(=O)c2ccc(OC)cc2)cc1. The Morgan fingerprint density at radius 1 is 0.739 bits per heavy atom. The van der Waals surface area contributed by atoms with E-state index in [1.165, 1.54) is 0 Å². The third-order valence-corrected chi connectivity index (χ3v) is 5.95. The Morgan fingerprint density at radius 3 is 1.39 bits per heavy atom. The van der Waals surface area contributed by atoms with Gasteiger partial charge in [0, 0.05) is 0 Å². The van der Waals surface area contributed by atoms with Crippen molar-refractivity contribution in [3.8, 4) is 11.5 Å². The van der Waals surface area contributed by atoms with Crippen molar-refractivity contribution in [2.75, 3.05) is 14.2 Å². The van der Waals surface area contributed by atoms with E-state index in [1.807, 2.05) is 0 Å². The Morgan fingerprint density at radius 2 is 1.09 bits per heavy atom. The molecule has 0 N–H and O–H groups in total. The fourth-order valence-corrected chi connectivity index (χ4v) is 4.26. The zero-order valence-corrected chi connectivity index (χ0v) is 15.4. The minimum absolute atomic E-state index is 0.0950. The first kappa shape index (κ1) is 17.5. The normalized spacial score (nSPS) is 10.2. The third kappa shape index (κ3) is 5.09. The molecule has 0 spiro atoms. The Hall–Kier alpha value is -1.83. The Kier molecular flexibility index (Phi) is 6.64. The van der Waals surface area contributed by atoms with Gasteiger partial charge in [-0.2, -0.15) is 0 Å². The van der Waals surface area contributed by atoms with Crippen LogP contribution in [0.1, 0.15) is 20.7 Å².